The van der Waals surface area contributed by atoms with Crippen LogP contribution in [0.4, 0.5) is 5.82 Å². The summed E-state index contributed by atoms with van der Waals surface area (Å²) in [6, 6.07) is 14.4. The third-order valence-electron chi connectivity index (χ3n) is 7.35. The van der Waals surface area contributed by atoms with Gasteiger partial charge in [0.1, 0.15) is 5.82 Å². The molecule has 5 rings (SSSR count). The van der Waals surface area contributed by atoms with Crippen LogP contribution in [0.25, 0.3) is 11.1 Å². The van der Waals surface area contributed by atoms with Gasteiger partial charge in [-0.05, 0) is 74.6 Å². The van der Waals surface area contributed by atoms with E-state index in [2.05, 4.69) is 53.0 Å². The van der Waals surface area contributed by atoms with E-state index in [1.54, 1.807) is 6.20 Å². The quantitative estimate of drug-likeness (QED) is 0.540. The SMILES string of the molecule is Cc1ccc(C(=O)NC2CCN(Cc3ccc(N4CC(C)OC(C)C4)nc3)CC2)cc1-c1cccnc1. The van der Waals surface area contributed by atoms with Crippen LogP contribution in [0.15, 0.2) is 61.1 Å². The van der Waals surface area contributed by atoms with Gasteiger partial charge in [0.2, 0.25) is 0 Å². The van der Waals surface area contributed by atoms with Crippen molar-refractivity contribution in [1.29, 1.82) is 0 Å². The molecule has 37 heavy (non-hydrogen) atoms. The number of ether oxygens (including phenoxy) is 1. The topological polar surface area (TPSA) is 70.6 Å². The minimum Gasteiger partial charge on any atom is -0.372 e. The minimum atomic E-state index is -0.00451. The monoisotopic (exact) mass is 499 g/mol. The van der Waals surface area contributed by atoms with Gasteiger partial charge >= 0.3 is 0 Å². The van der Waals surface area contributed by atoms with Crippen LogP contribution in [0.1, 0.15) is 48.2 Å². The Balaban J connectivity index is 1.12. The van der Waals surface area contributed by atoms with Gasteiger partial charge in [-0.25, -0.2) is 4.98 Å². The zero-order valence-electron chi connectivity index (χ0n) is 22.1. The highest BCUT2D eigenvalue weighted by Gasteiger charge is 2.24. The highest BCUT2D eigenvalue weighted by Crippen LogP contribution is 2.24. The number of nitrogens with one attached hydrogen (secondary N) is 1. The first-order valence-corrected chi connectivity index (χ1v) is 13.3. The van der Waals surface area contributed by atoms with Crippen LogP contribution in [0.5, 0.6) is 0 Å². The lowest BCUT2D eigenvalue weighted by Gasteiger charge is -2.36. The van der Waals surface area contributed by atoms with Crippen LogP contribution < -0.4 is 10.2 Å². The van der Waals surface area contributed by atoms with Gasteiger partial charge in [-0.15, -0.1) is 0 Å². The van der Waals surface area contributed by atoms with Crippen LogP contribution in [0.2, 0.25) is 0 Å². The Bertz CT molecular complexity index is 1180. The van der Waals surface area contributed by atoms with E-state index in [9.17, 15) is 4.79 Å². The molecule has 194 valence electrons. The van der Waals surface area contributed by atoms with Crippen molar-refractivity contribution in [2.45, 2.75) is 58.4 Å². The summed E-state index contributed by atoms with van der Waals surface area (Å²) in [5.74, 6) is 1.02. The predicted octanol–water partition coefficient (Wildman–Crippen LogP) is 4.46. The summed E-state index contributed by atoms with van der Waals surface area (Å²) in [6.07, 6.45) is 7.95. The van der Waals surface area contributed by atoms with E-state index in [-0.39, 0.29) is 24.2 Å². The number of nitrogens with zero attached hydrogens (tertiary/aromatic N) is 4. The van der Waals surface area contributed by atoms with Gasteiger partial charge in [0.15, 0.2) is 0 Å². The Hall–Kier alpha value is -3.29. The molecule has 1 amide bonds. The molecule has 2 atom stereocenters. The van der Waals surface area contributed by atoms with Crippen LogP contribution in [0, 0.1) is 6.92 Å². The molecule has 2 fully saturated rings. The lowest BCUT2D eigenvalue weighted by Crippen LogP contribution is -2.45. The number of piperidine rings is 1. The number of likely N-dealkylation sites (tertiary alicyclic amines) is 1. The van der Waals surface area contributed by atoms with E-state index in [4.69, 9.17) is 9.72 Å². The van der Waals surface area contributed by atoms with Crippen LogP contribution >= 0.6 is 0 Å². The molecule has 2 saturated heterocycles. The third kappa shape index (κ3) is 6.35. The molecule has 2 aliphatic heterocycles. The number of carbonyl (C=O) groups excluding carboxylic acids is 1. The smallest absolute Gasteiger partial charge is 0.251 e. The Morgan fingerprint density at radius 2 is 1.84 bits per heavy atom. The van der Waals surface area contributed by atoms with E-state index in [1.165, 1.54) is 5.56 Å². The number of hydrogen-bond donors (Lipinski definition) is 1. The molecule has 2 aliphatic rings. The Morgan fingerprint density at radius 3 is 2.51 bits per heavy atom. The van der Waals surface area contributed by atoms with Crippen molar-refractivity contribution >= 4 is 11.7 Å². The molecule has 0 spiro atoms. The second-order valence-corrected chi connectivity index (χ2v) is 10.5. The number of morpholine rings is 1. The highest BCUT2D eigenvalue weighted by molar-refractivity contribution is 5.96. The average molecular weight is 500 g/mol. The molecule has 1 aromatic carbocycles. The van der Waals surface area contributed by atoms with Gasteiger partial charge in [0.05, 0.1) is 12.2 Å². The van der Waals surface area contributed by atoms with E-state index in [0.717, 1.165) is 68.1 Å². The lowest BCUT2D eigenvalue weighted by molar-refractivity contribution is -0.00546. The molecule has 0 bridgehead atoms. The maximum absolute atomic E-state index is 13.0. The predicted molar refractivity (Wildman–Crippen MR) is 147 cm³/mol. The molecular formula is C30H37N5O2. The molecule has 2 unspecified atom stereocenters. The van der Waals surface area contributed by atoms with Gasteiger partial charge in [0, 0.05) is 68.5 Å². The molecule has 7 heteroatoms. The standard InChI is InChI=1S/C30H37N5O2/c1-21-6-8-25(15-28(21)26-5-4-12-31-17-26)30(36)33-27-10-13-34(14-11-27)20-24-7-9-29(32-16-24)35-18-22(2)37-23(3)19-35/h4-9,12,15-17,22-23,27H,10-11,13-14,18-20H2,1-3H3,(H,33,36). The van der Waals surface area contributed by atoms with Crippen LogP contribution in [-0.2, 0) is 11.3 Å². The van der Waals surface area contributed by atoms with E-state index in [1.807, 2.05) is 42.7 Å². The van der Waals surface area contributed by atoms with Crippen molar-refractivity contribution in [2.75, 3.05) is 31.1 Å². The number of aromatic nitrogens is 2. The van der Waals surface area contributed by atoms with Crippen LogP contribution in [-0.4, -0.2) is 65.2 Å². The average Bonchev–Trinajstić information content (AvgIpc) is 2.90. The second-order valence-electron chi connectivity index (χ2n) is 10.5. The maximum atomic E-state index is 13.0. The van der Waals surface area contributed by atoms with E-state index >= 15 is 0 Å². The molecule has 4 heterocycles. The number of hydrogen-bond acceptors (Lipinski definition) is 6. The van der Waals surface area contributed by atoms with Crippen molar-refractivity contribution in [1.82, 2.24) is 20.2 Å². The number of rotatable bonds is 6. The molecule has 1 N–H and O–H groups in total. The Morgan fingerprint density at radius 1 is 1.05 bits per heavy atom. The normalized spacial score (nSPS) is 21.1. The first-order valence-electron chi connectivity index (χ1n) is 13.3. The first-order chi connectivity index (χ1) is 17.9. The largest absolute Gasteiger partial charge is 0.372 e. The lowest BCUT2D eigenvalue weighted by atomic mass is 9.98. The highest BCUT2D eigenvalue weighted by atomic mass is 16.5. The summed E-state index contributed by atoms with van der Waals surface area (Å²) in [5.41, 5.74) is 5.13. The number of carbonyl (C=O) groups is 1. The van der Waals surface area contributed by atoms with Crippen LogP contribution in [0.3, 0.4) is 0 Å². The fraction of sp³-hybridized carbons (Fsp3) is 0.433. The third-order valence-corrected chi connectivity index (χ3v) is 7.35. The van der Waals surface area contributed by atoms with Gasteiger partial charge < -0.3 is 15.0 Å². The zero-order valence-corrected chi connectivity index (χ0v) is 22.1. The number of amides is 1. The Labute approximate surface area is 219 Å². The van der Waals surface area contributed by atoms with Gasteiger partial charge in [-0.2, -0.15) is 0 Å². The maximum Gasteiger partial charge on any atom is 0.251 e. The minimum absolute atomic E-state index is 0.00451. The molecule has 0 saturated carbocycles. The number of anilines is 1. The first kappa shape index (κ1) is 25.4. The van der Waals surface area contributed by atoms with Crippen molar-refractivity contribution in [3.05, 3.63) is 77.7 Å². The van der Waals surface area contributed by atoms with E-state index < -0.39 is 0 Å². The van der Waals surface area contributed by atoms with Crippen molar-refractivity contribution in [2.24, 2.45) is 0 Å². The van der Waals surface area contributed by atoms with Crippen molar-refractivity contribution < 1.29 is 9.53 Å². The summed E-state index contributed by atoms with van der Waals surface area (Å²) in [4.78, 5) is 26.7. The van der Waals surface area contributed by atoms with Crippen molar-refractivity contribution in [3.63, 3.8) is 0 Å². The molecule has 0 aliphatic carbocycles. The fourth-order valence-electron chi connectivity index (χ4n) is 5.42. The van der Waals surface area contributed by atoms with Gasteiger partial charge in [-0.1, -0.05) is 18.2 Å². The summed E-state index contributed by atoms with van der Waals surface area (Å²) >= 11 is 0. The Kier molecular flexibility index (Phi) is 7.82. The van der Waals surface area contributed by atoms with E-state index in [0.29, 0.717) is 5.56 Å². The molecule has 2 aromatic heterocycles. The molecule has 0 radical (unpaired) electrons. The molecule has 3 aromatic rings. The van der Waals surface area contributed by atoms with Gasteiger partial charge in [0.25, 0.3) is 5.91 Å². The number of pyridine rings is 2. The second kappa shape index (κ2) is 11.4. The van der Waals surface area contributed by atoms with Crippen molar-refractivity contribution in [3.8, 4) is 11.1 Å². The number of benzene rings is 1. The fourth-order valence-corrected chi connectivity index (χ4v) is 5.42. The number of aryl methyl sites for hydroxylation is 1. The summed E-state index contributed by atoms with van der Waals surface area (Å²) in [7, 11) is 0. The summed E-state index contributed by atoms with van der Waals surface area (Å²) in [6.45, 7) is 10.8. The zero-order chi connectivity index (χ0) is 25.8. The summed E-state index contributed by atoms with van der Waals surface area (Å²) < 4.78 is 5.84. The van der Waals surface area contributed by atoms with Gasteiger partial charge in [-0.3, -0.25) is 14.7 Å². The summed E-state index contributed by atoms with van der Waals surface area (Å²) in [5, 5.41) is 3.26. The molecule has 7 nitrogen and oxygen atoms in total. The molecular weight excluding hydrogens is 462 g/mol.